The van der Waals surface area contributed by atoms with Crippen LogP contribution in [0.5, 0.6) is 5.75 Å². The van der Waals surface area contributed by atoms with Crippen molar-refractivity contribution < 1.29 is 22.7 Å². The monoisotopic (exact) mass is 431 g/mol. The first-order valence-corrected chi connectivity index (χ1v) is 10.9. The van der Waals surface area contributed by atoms with Crippen molar-refractivity contribution in [3.05, 3.63) is 48.0 Å². The van der Waals surface area contributed by atoms with Crippen molar-refractivity contribution in [3.8, 4) is 5.75 Å². The maximum atomic E-state index is 12.6. The normalized spacial score (nSPS) is 13.9. The summed E-state index contributed by atoms with van der Waals surface area (Å²) in [4.78, 5) is 26.5. The highest BCUT2D eigenvalue weighted by atomic mass is 32.2. The number of nitrogens with one attached hydrogen (secondary N) is 1. The first-order valence-electron chi connectivity index (χ1n) is 9.50. The molecule has 1 heterocycles. The topological polar surface area (TPSA) is 96.0 Å². The van der Waals surface area contributed by atoms with E-state index < -0.39 is 10.0 Å². The first-order chi connectivity index (χ1) is 14.1. The molecule has 3 rings (SSSR count). The Kier molecular flexibility index (Phi) is 6.14. The Labute approximate surface area is 176 Å². The van der Waals surface area contributed by atoms with Crippen LogP contribution >= 0.6 is 0 Å². The molecule has 1 aliphatic heterocycles. The molecule has 2 aromatic rings. The average Bonchev–Trinajstić information content (AvgIpc) is 2.70. The van der Waals surface area contributed by atoms with Gasteiger partial charge in [-0.05, 0) is 42.3 Å². The molecule has 0 saturated carbocycles. The van der Waals surface area contributed by atoms with Crippen LogP contribution in [0.4, 0.5) is 11.4 Å². The molecule has 0 saturated heterocycles. The number of fused-ring (bicyclic) bond motifs is 1. The van der Waals surface area contributed by atoms with Gasteiger partial charge in [0.2, 0.25) is 10.0 Å². The molecule has 8 nitrogen and oxygen atoms in total. The second-order valence-corrected chi connectivity index (χ2v) is 9.79. The van der Waals surface area contributed by atoms with Crippen LogP contribution in [0.3, 0.4) is 0 Å². The van der Waals surface area contributed by atoms with E-state index in [1.165, 1.54) is 38.4 Å². The summed E-state index contributed by atoms with van der Waals surface area (Å²) in [7, 11) is -0.657. The van der Waals surface area contributed by atoms with Gasteiger partial charge in [0.05, 0.1) is 10.6 Å². The van der Waals surface area contributed by atoms with Gasteiger partial charge in [0.25, 0.3) is 11.8 Å². The highest BCUT2D eigenvalue weighted by Crippen LogP contribution is 2.35. The Bertz CT molecular complexity index is 1060. The largest absolute Gasteiger partial charge is 0.481 e. The van der Waals surface area contributed by atoms with Gasteiger partial charge in [-0.2, -0.15) is 0 Å². The van der Waals surface area contributed by atoms with Crippen LogP contribution in [-0.2, 0) is 14.8 Å². The number of benzene rings is 2. The highest BCUT2D eigenvalue weighted by molar-refractivity contribution is 7.89. The van der Waals surface area contributed by atoms with Gasteiger partial charge in [-0.3, -0.25) is 9.59 Å². The summed E-state index contributed by atoms with van der Waals surface area (Å²) >= 11 is 0. The van der Waals surface area contributed by atoms with Gasteiger partial charge in [0.15, 0.2) is 6.61 Å². The van der Waals surface area contributed by atoms with E-state index in [1.54, 1.807) is 23.1 Å². The number of nitrogens with zero attached hydrogens (tertiary/aromatic N) is 2. The lowest BCUT2D eigenvalue weighted by Crippen LogP contribution is -2.40. The molecule has 0 unspecified atom stereocenters. The molecule has 0 aromatic heterocycles. The van der Waals surface area contributed by atoms with E-state index in [0.717, 1.165) is 4.31 Å². The van der Waals surface area contributed by atoms with Crippen LogP contribution in [0.2, 0.25) is 0 Å². The number of carbonyl (C=O) groups is 2. The van der Waals surface area contributed by atoms with Crippen LogP contribution < -0.4 is 15.0 Å². The summed E-state index contributed by atoms with van der Waals surface area (Å²) < 4.78 is 30.9. The minimum atomic E-state index is -3.55. The summed E-state index contributed by atoms with van der Waals surface area (Å²) in [5.41, 5.74) is 1.52. The lowest BCUT2D eigenvalue weighted by atomic mass is 10.1. The number of sulfonamides is 1. The smallest absolute Gasteiger partial charge is 0.265 e. The van der Waals surface area contributed by atoms with Crippen LogP contribution in [-0.4, -0.2) is 51.8 Å². The number of hydrogen-bond donors (Lipinski definition) is 1. The molecule has 2 aromatic carbocycles. The van der Waals surface area contributed by atoms with E-state index in [9.17, 15) is 18.0 Å². The third kappa shape index (κ3) is 4.47. The molecular weight excluding hydrogens is 406 g/mol. The van der Waals surface area contributed by atoms with Gasteiger partial charge < -0.3 is 15.0 Å². The molecule has 1 aliphatic rings. The van der Waals surface area contributed by atoms with Crippen LogP contribution in [0, 0.1) is 5.92 Å². The molecule has 160 valence electrons. The molecule has 30 heavy (non-hydrogen) atoms. The van der Waals surface area contributed by atoms with Gasteiger partial charge in [0, 0.05) is 38.0 Å². The lowest BCUT2D eigenvalue weighted by molar-refractivity contribution is -0.121. The van der Waals surface area contributed by atoms with Crippen LogP contribution in [0.15, 0.2) is 47.4 Å². The standard InChI is InChI=1S/C21H25N3O5S/c1-14(2)12-24-18-10-7-16(11-19(18)29-13-20(24)25)22-21(26)15-5-8-17(9-6-15)30(27,28)23(3)4/h5-11,14H,12-13H2,1-4H3,(H,22,26). The molecule has 0 aliphatic carbocycles. The fourth-order valence-electron chi connectivity index (χ4n) is 3.04. The average molecular weight is 432 g/mol. The summed E-state index contributed by atoms with van der Waals surface area (Å²) in [5.74, 6) is 0.356. The number of carbonyl (C=O) groups excluding carboxylic acids is 2. The van der Waals surface area contributed by atoms with Crippen LogP contribution in [0.1, 0.15) is 24.2 Å². The van der Waals surface area contributed by atoms with E-state index in [4.69, 9.17) is 4.74 Å². The summed E-state index contributed by atoms with van der Waals surface area (Å²) in [5, 5.41) is 2.77. The highest BCUT2D eigenvalue weighted by Gasteiger charge is 2.26. The molecule has 0 bridgehead atoms. The summed E-state index contributed by atoms with van der Waals surface area (Å²) in [6, 6.07) is 10.9. The zero-order valence-corrected chi connectivity index (χ0v) is 18.2. The van der Waals surface area contributed by atoms with Crippen molar-refractivity contribution in [1.29, 1.82) is 0 Å². The SMILES string of the molecule is CC(C)CN1C(=O)COc2cc(NC(=O)c3ccc(S(=O)(=O)N(C)C)cc3)ccc21. The number of ether oxygens (including phenoxy) is 1. The van der Waals surface area contributed by atoms with Gasteiger partial charge in [0.1, 0.15) is 5.75 Å². The van der Waals surface area contributed by atoms with E-state index in [1.807, 2.05) is 13.8 Å². The Balaban J connectivity index is 1.77. The summed E-state index contributed by atoms with van der Waals surface area (Å²) in [6.45, 7) is 4.61. The first kappa shape index (κ1) is 21.8. The molecular formula is C21H25N3O5S. The van der Waals surface area contributed by atoms with Gasteiger partial charge in [-0.1, -0.05) is 13.8 Å². The maximum Gasteiger partial charge on any atom is 0.265 e. The number of anilines is 2. The van der Waals surface area contributed by atoms with Crippen molar-refractivity contribution in [2.24, 2.45) is 5.92 Å². The van der Waals surface area contributed by atoms with Gasteiger partial charge in [-0.15, -0.1) is 0 Å². The Morgan fingerprint density at radius 3 is 2.43 bits per heavy atom. The quantitative estimate of drug-likeness (QED) is 0.758. The summed E-state index contributed by atoms with van der Waals surface area (Å²) in [6.07, 6.45) is 0. The fraction of sp³-hybridized carbons (Fsp3) is 0.333. The zero-order valence-electron chi connectivity index (χ0n) is 17.4. The Morgan fingerprint density at radius 2 is 1.83 bits per heavy atom. The van der Waals surface area contributed by atoms with E-state index in [2.05, 4.69) is 5.32 Å². The van der Waals surface area contributed by atoms with Gasteiger partial charge in [-0.25, -0.2) is 12.7 Å². The van der Waals surface area contributed by atoms with E-state index >= 15 is 0 Å². The molecule has 1 N–H and O–H groups in total. The number of hydrogen-bond acceptors (Lipinski definition) is 5. The predicted molar refractivity (Wildman–Crippen MR) is 114 cm³/mol. The van der Waals surface area contributed by atoms with Crippen molar-refractivity contribution in [3.63, 3.8) is 0 Å². The van der Waals surface area contributed by atoms with Crippen molar-refractivity contribution >= 4 is 33.2 Å². The van der Waals surface area contributed by atoms with Crippen molar-refractivity contribution in [1.82, 2.24) is 4.31 Å². The van der Waals surface area contributed by atoms with E-state index in [-0.39, 0.29) is 23.3 Å². The van der Waals surface area contributed by atoms with Crippen LogP contribution in [0.25, 0.3) is 0 Å². The van der Waals surface area contributed by atoms with Crippen molar-refractivity contribution in [2.75, 3.05) is 37.5 Å². The Hall–Kier alpha value is -2.91. The second-order valence-electron chi connectivity index (χ2n) is 7.64. The maximum absolute atomic E-state index is 12.6. The molecule has 0 spiro atoms. The lowest BCUT2D eigenvalue weighted by Gasteiger charge is -2.31. The third-order valence-corrected chi connectivity index (χ3v) is 6.43. The minimum Gasteiger partial charge on any atom is -0.481 e. The molecule has 0 radical (unpaired) electrons. The molecule has 9 heteroatoms. The zero-order chi connectivity index (χ0) is 22.1. The fourth-order valence-corrected chi connectivity index (χ4v) is 3.94. The molecule has 0 fully saturated rings. The van der Waals surface area contributed by atoms with Crippen molar-refractivity contribution in [2.45, 2.75) is 18.7 Å². The van der Waals surface area contributed by atoms with E-state index in [0.29, 0.717) is 35.2 Å². The second kappa shape index (κ2) is 8.45. The molecule has 2 amide bonds. The predicted octanol–water partition coefficient (Wildman–Crippen LogP) is 2.57. The van der Waals surface area contributed by atoms with Gasteiger partial charge >= 0.3 is 0 Å². The minimum absolute atomic E-state index is 0.0427. The number of rotatable bonds is 6. The third-order valence-electron chi connectivity index (χ3n) is 4.60. The number of amides is 2. The Morgan fingerprint density at radius 1 is 1.17 bits per heavy atom. The molecule has 0 atom stereocenters.